The smallest absolute Gasteiger partial charge is 0.274 e. The van der Waals surface area contributed by atoms with Gasteiger partial charge in [-0.25, -0.2) is 4.39 Å². The van der Waals surface area contributed by atoms with E-state index in [-0.39, 0.29) is 28.1 Å². The third-order valence-electron chi connectivity index (χ3n) is 2.52. The first-order valence-corrected chi connectivity index (χ1v) is 5.92. The fraction of sp³-hybridized carbons (Fsp3) is 0.455. The summed E-state index contributed by atoms with van der Waals surface area (Å²) in [6.45, 7) is 3.59. The fourth-order valence-electron chi connectivity index (χ4n) is 1.37. The van der Waals surface area contributed by atoms with E-state index in [9.17, 15) is 19.6 Å². The molecular weight excluding hydrogens is 293 g/mol. The molecule has 0 heterocycles. The first-order chi connectivity index (χ1) is 7.82. The Morgan fingerprint density at radius 2 is 2.12 bits per heavy atom. The third-order valence-corrected chi connectivity index (χ3v) is 3.12. The molecule has 0 radical (unpaired) electrons. The fourth-order valence-corrected chi connectivity index (χ4v) is 1.70. The van der Waals surface area contributed by atoms with E-state index in [0.717, 1.165) is 12.1 Å². The molecule has 1 aromatic carbocycles. The molecule has 1 atom stereocenters. The highest BCUT2D eigenvalue weighted by Crippen LogP contribution is 2.28. The summed E-state index contributed by atoms with van der Waals surface area (Å²) in [6.07, 6.45) is -0.660. The maximum absolute atomic E-state index is 13.3. The van der Waals surface area contributed by atoms with Crippen LogP contribution >= 0.6 is 15.9 Å². The highest BCUT2D eigenvalue weighted by atomic mass is 79.9. The van der Waals surface area contributed by atoms with E-state index in [1.807, 2.05) is 0 Å². The molecule has 0 fully saturated rings. The van der Waals surface area contributed by atoms with Gasteiger partial charge in [0.1, 0.15) is 5.82 Å². The Balaban J connectivity index is 3.13. The van der Waals surface area contributed by atoms with Gasteiger partial charge in [0.15, 0.2) is 0 Å². The Bertz CT molecular complexity index is 437. The summed E-state index contributed by atoms with van der Waals surface area (Å²) >= 11 is 2.90. The minimum absolute atomic E-state index is 0.0405. The zero-order chi connectivity index (χ0) is 13.2. The number of hydrogen-bond acceptors (Lipinski definition) is 3. The van der Waals surface area contributed by atoms with Crippen molar-refractivity contribution in [1.82, 2.24) is 0 Å². The molecule has 0 aliphatic rings. The summed E-state index contributed by atoms with van der Waals surface area (Å²) in [6, 6.07) is 2.21. The maximum Gasteiger partial charge on any atom is 0.274 e. The second-order valence-corrected chi connectivity index (χ2v) is 5.02. The maximum atomic E-state index is 13.3. The van der Waals surface area contributed by atoms with Gasteiger partial charge in [0.05, 0.1) is 15.5 Å². The number of halogens is 2. The van der Waals surface area contributed by atoms with Crippen LogP contribution in [-0.2, 0) is 6.42 Å². The van der Waals surface area contributed by atoms with Crippen LogP contribution in [0.5, 0.6) is 0 Å². The van der Waals surface area contributed by atoms with E-state index in [1.54, 1.807) is 13.8 Å². The molecule has 0 aromatic heterocycles. The second kappa shape index (κ2) is 5.55. The van der Waals surface area contributed by atoms with Crippen molar-refractivity contribution in [3.05, 3.63) is 38.1 Å². The van der Waals surface area contributed by atoms with E-state index in [4.69, 9.17) is 0 Å². The Labute approximate surface area is 107 Å². The predicted molar refractivity (Wildman–Crippen MR) is 65.3 cm³/mol. The van der Waals surface area contributed by atoms with Crippen molar-refractivity contribution < 1.29 is 14.4 Å². The number of nitro benzene ring substituents is 1. The Morgan fingerprint density at radius 3 is 2.59 bits per heavy atom. The molecule has 1 rings (SSSR count). The lowest BCUT2D eigenvalue weighted by Gasteiger charge is -2.14. The van der Waals surface area contributed by atoms with Gasteiger partial charge in [-0.1, -0.05) is 13.8 Å². The monoisotopic (exact) mass is 305 g/mol. The van der Waals surface area contributed by atoms with Crippen LogP contribution in [0.1, 0.15) is 19.4 Å². The van der Waals surface area contributed by atoms with Gasteiger partial charge in [0, 0.05) is 18.1 Å². The Kier molecular flexibility index (Phi) is 4.59. The lowest BCUT2D eigenvalue weighted by Crippen LogP contribution is -2.18. The zero-order valence-electron chi connectivity index (χ0n) is 9.48. The van der Waals surface area contributed by atoms with E-state index < -0.39 is 16.8 Å². The van der Waals surface area contributed by atoms with Gasteiger partial charge < -0.3 is 5.11 Å². The molecular formula is C11H13BrFNO3. The molecule has 0 aliphatic heterocycles. The normalized spacial score (nSPS) is 12.8. The van der Waals surface area contributed by atoms with Crippen molar-refractivity contribution in [2.75, 3.05) is 0 Å². The minimum atomic E-state index is -0.728. The topological polar surface area (TPSA) is 63.4 Å². The SMILES string of the molecule is CC(C)C(O)Cc1cc(F)c(Br)cc1[N+](=O)[O-]. The summed E-state index contributed by atoms with van der Waals surface area (Å²) in [5.41, 5.74) is 0.0230. The van der Waals surface area contributed by atoms with Crippen LogP contribution in [-0.4, -0.2) is 16.1 Å². The molecule has 94 valence electrons. The molecule has 1 unspecified atom stereocenters. The molecule has 0 amide bonds. The van der Waals surface area contributed by atoms with Crippen molar-refractivity contribution in [2.24, 2.45) is 5.92 Å². The molecule has 1 N–H and O–H groups in total. The van der Waals surface area contributed by atoms with Crippen LogP contribution in [0.4, 0.5) is 10.1 Å². The predicted octanol–water partition coefficient (Wildman–Crippen LogP) is 3.06. The number of rotatable bonds is 4. The average Bonchev–Trinajstić information content (AvgIpc) is 2.22. The highest BCUT2D eigenvalue weighted by molar-refractivity contribution is 9.10. The van der Waals surface area contributed by atoms with Gasteiger partial charge in [0.2, 0.25) is 0 Å². The number of aliphatic hydroxyl groups is 1. The summed E-state index contributed by atoms with van der Waals surface area (Å²) < 4.78 is 13.4. The number of benzene rings is 1. The van der Waals surface area contributed by atoms with Gasteiger partial charge in [-0.15, -0.1) is 0 Å². The minimum Gasteiger partial charge on any atom is -0.393 e. The molecule has 0 spiro atoms. The molecule has 0 saturated carbocycles. The van der Waals surface area contributed by atoms with Crippen LogP contribution in [0.3, 0.4) is 0 Å². The van der Waals surface area contributed by atoms with Gasteiger partial charge in [-0.2, -0.15) is 0 Å². The van der Waals surface area contributed by atoms with Crippen LogP contribution in [0.25, 0.3) is 0 Å². The quantitative estimate of drug-likeness (QED) is 0.687. The number of aliphatic hydroxyl groups excluding tert-OH is 1. The molecule has 0 saturated heterocycles. The van der Waals surface area contributed by atoms with Crippen LogP contribution in [0.15, 0.2) is 16.6 Å². The van der Waals surface area contributed by atoms with E-state index in [1.165, 1.54) is 0 Å². The zero-order valence-corrected chi connectivity index (χ0v) is 11.1. The lowest BCUT2D eigenvalue weighted by molar-refractivity contribution is -0.385. The largest absolute Gasteiger partial charge is 0.393 e. The third kappa shape index (κ3) is 3.47. The Morgan fingerprint density at radius 1 is 1.53 bits per heavy atom. The van der Waals surface area contributed by atoms with Gasteiger partial charge in [0.25, 0.3) is 5.69 Å². The highest BCUT2D eigenvalue weighted by Gasteiger charge is 2.21. The van der Waals surface area contributed by atoms with Gasteiger partial charge in [-0.3, -0.25) is 10.1 Å². The molecule has 1 aromatic rings. The van der Waals surface area contributed by atoms with Gasteiger partial charge in [-0.05, 0) is 27.9 Å². The van der Waals surface area contributed by atoms with Crippen molar-refractivity contribution in [2.45, 2.75) is 26.4 Å². The number of nitro groups is 1. The van der Waals surface area contributed by atoms with Crippen molar-refractivity contribution in [3.63, 3.8) is 0 Å². The molecule has 6 heteroatoms. The van der Waals surface area contributed by atoms with E-state index in [2.05, 4.69) is 15.9 Å². The standard InChI is InChI=1S/C11H13BrFNO3/c1-6(2)11(15)4-7-3-9(13)8(12)5-10(7)14(16)17/h3,5-6,11,15H,4H2,1-2H3. The summed E-state index contributed by atoms with van der Waals surface area (Å²) in [5.74, 6) is -0.608. The van der Waals surface area contributed by atoms with Gasteiger partial charge >= 0.3 is 0 Å². The summed E-state index contributed by atoms with van der Waals surface area (Å²) in [4.78, 5) is 10.2. The van der Waals surface area contributed by atoms with E-state index >= 15 is 0 Å². The first kappa shape index (κ1) is 14.1. The van der Waals surface area contributed by atoms with Crippen LogP contribution in [0, 0.1) is 21.8 Å². The summed E-state index contributed by atoms with van der Waals surface area (Å²) in [7, 11) is 0. The lowest BCUT2D eigenvalue weighted by atomic mass is 9.98. The van der Waals surface area contributed by atoms with Crippen molar-refractivity contribution in [3.8, 4) is 0 Å². The number of nitrogens with zero attached hydrogens (tertiary/aromatic N) is 1. The van der Waals surface area contributed by atoms with Crippen molar-refractivity contribution in [1.29, 1.82) is 0 Å². The Hall–Kier alpha value is -1.01. The summed E-state index contributed by atoms with van der Waals surface area (Å²) in [5, 5.41) is 20.5. The van der Waals surface area contributed by atoms with Crippen molar-refractivity contribution >= 4 is 21.6 Å². The first-order valence-electron chi connectivity index (χ1n) is 5.13. The number of hydrogen-bond donors (Lipinski definition) is 1. The van der Waals surface area contributed by atoms with E-state index in [0.29, 0.717) is 0 Å². The average molecular weight is 306 g/mol. The molecule has 0 aliphatic carbocycles. The van der Waals surface area contributed by atoms with Crippen LogP contribution in [0.2, 0.25) is 0 Å². The molecule has 4 nitrogen and oxygen atoms in total. The molecule has 17 heavy (non-hydrogen) atoms. The van der Waals surface area contributed by atoms with Crippen LogP contribution < -0.4 is 0 Å². The second-order valence-electron chi connectivity index (χ2n) is 4.17. The molecule has 0 bridgehead atoms.